The number of nitrogens with zero attached hydrogens (tertiary/aromatic N) is 3. The fourth-order valence-electron chi connectivity index (χ4n) is 4.21. The van der Waals surface area contributed by atoms with Gasteiger partial charge in [-0.2, -0.15) is 0 Å². The summed E-state index contributed by atoms with van der Waals surface area (Å²) in [6, 6.07) is 8.93. The molecule has 178 valence electrons. The predicted molar refractivity (Wildman–Crippen MR) is 133 cm³/mol. The van der Waals surface area contributed by atoms with E-state index >= 15 is 0 Å². The summed E-state index contributed by atoms with van der Waals surface area (Å²) in [4.78, 5) is 24.9. The molecular weight excluding hydrogens is 474 g/mol. The number of rotatable bonds is 5. The van der Waals surface area contributed by atoms with Crippen LogP contribution in [0.3, 0.4) is 0 Å². The number of carbonyl (C=O) groups is 1. The van der Waals surface area contributed by atoms with Gasteiger partial charge in [-0.1, -0.05) is 18.2 Å². The Morgan fingerprint density at radius 3 is 2.71 bits per heavy atom. The lowest BCUT2D eigenvalue weighted by atomic mass is 9.99. The Labute approximate surface area is 201 Å². The van der Waals surface area contributed by atoms with Crippen LogP contribution in [0.25, 0.3) is 27.0 Å². The summed E-state index contributed by atoms with van der Waals surface area (Å²) in [7, 11) is -3.33. The number of anilines is 1. The van der Waals surface area contributed by atoms with E-state index in [-0.39, 0.29) is 11.9 Å². The minimum absolute atomic E-state index is 0.123. The Morgan fingerprint density at radius 2 is 1.97 bits per heavy atom. The summed E-state index contributed by atoms with van der Waals surface area (Å²) in [6.45, 7) is 3.08. The molecule has 3 aromatic rings. The van der Waals surface area contributed by atoms with Crippen LogP contribution >= 0.6 is 11.3 Å². The Kier molecular flexibility index (Phi) is 6.34. The highest BCUT2D eigenvalue weighted by Gasteiger charge is 2.29. The lowest BCUT2D eigenvalue weighted by Gasteiger charge is -2.32. The van der Waals surface area contributed by atoms with E-state index < -0.39 is 10.0 Å². The molecule has 1 atom stereocenters. The van der Waals surface area contributed by atoms with Gasteiger partial charge in [0.2, 0.25) is 15.9 Å². The molecule has 11 heteroatoms. The maximum Gasteiger partial charge on any atom is 0.240 e. The van der Waals surface area contributed by atoms with E-state index in [1.807, 2.05) is 17.0 Å². The van der Waals surface area contributed by atoms with Crippen LogP contribution in [0.2, 0.25) is 0 Å². The Balaban J connectivity index is 1.39. The normalized spacial score (nSPS) is 19.1. The van der Waals surface area contributed by atoms with Gasteiger partial charge in [-0.25, -0.2) is 18.4 Å². The summed E-state index contributed by atoms with van der Waals surface area (Å²) in [5.41, 5.74) is 4.15. The number of amides is 1. The maximum atomic E-state index is 13.0. The number of thiophene rings is 1. The number of nitrogens with one attached hydrogen (secondary N) is 2. The van der Waals surface area contributed by atoms with Crippen molar-refractivity contribution in [2.75, 3.05) is 43.8 Å². The monoisotopic (exact) mass is 499 g/mol. The van der Waals surface area contributed by atoms with Crippen molar-refractivity contribution in [3.8, 4) is 11.3 Å². The molecule has 1 aromatic carbocycles. The highest BCUT2D eigenvalue weighted by Crippen LogP contribution is 2.37. The average Bonchev–Trinajstić information content (AvgIpc) is 3.28. The summed E-state index contributed by atoms with van der Waals surface area (Å²) in [5.74, 6) is 0.123. The first kappa shape index (κ1) is 22.9. The Hall–Kier alpha value is -2.86. The third-order valence-corrected chi connectivity index (χ3v) is 7.66. The number of fused-ring (bicyclic) bond motifs is 1. The zero-order valence-corrected chi connectivity index (χ0v) is 20.3. The first-order chi connectivity index (χ1) is 16.4. The van der Waals surface area contributed by atoms with Gasteiger partial charge in [-0.15, -0.1) is 11.3 Å². The van der Waals surface area contributed by atoms with Crippen LogP contribution < -0.4 is 10.0 Å². The summed E-state index contributed by atoms with van der Waals surface area (Å²) in [6.07, 6.45) is 5.42. The van der Waals surface area contributed by atoms with Gasteiger partial charge < -0.3 is 15.0 Å². The van der Waals surface area contributed by atoms with Crippen LogP contribution in [-0.4, -0.2) is 74.3 Å². The first-order valence-electron chi connectivity index (χ1n) is 11.0. The van der Waals surface area contributed by atoms with Gasteiger partial charge in [-0.3, -0.25) is 9.52 Å². The van der Waals surface area contributed by atoms with Gasteiger partial charge >= 0.3 is 0 Å². The number of aromatic nitrogens is 2. The van der Waals surface area contributed by atoms with E-state index in [1.54, 1.807) is 29.8 Å². The molecule has 1 fully saturated rings. The highest BCUT2D eigenvalue weighted by molar-refractivity contribution is 7.92. The largest absolute Gasteiger partial charge is 0.378 e. The molecule has 5 rings (SSSR count). The zero-order chi connectivity index (χ0) is 23.7. The molecule has 0 spiro atoms. The topological polar surface area (TPSA) is 114 Å². The molecule has 2 aliphatic rings. The molecule has 9 nitrogen and oxygen atoms in total. The SMILES string of the molecule is CS(=O)(=O)Nc1ccc(-c2ncnc3cc(C4=CCNC(C(=O)N5CCOCC5)C4)sc23)cc1. The molecule has 0 bridgehead atoms. The second kappa shape index (κ2) is 9.41. The maximum absolute atomic E-state index is 13.0. The lowest BCUT2D eigenvalue weighted by Crippen LogP contribution is -2.51. The molecule has 0 saturated carbocycles. The standard InChI is InChI=1S/C23H25N5O4S2/c1-34(30,31)27-17-4-2-15(3-5-17)21-22-18(25-14-26-21)13-20(33-22)16-6-7-24-19(12-16)23(29)28-8-10-32-11-9-28/h2-6,13-14,19,24,27H,7-12H2,1H3. The van der Waals surface area contributed by atoms with E-state index in [0.29, 0.717) is 45.0 Å². The molecule has 1 amide bonds. The number of hydrogen-bond donors (Lipinski definition) is 2. The van der Waals surface area contributed by atoms with Crippen LogP contribution in [0, 0.1) is 0 Å². The van der Waals surface area contributed by atoms with Crippen molar-refractivity contribution in [2.24, 2.45) is 0 Å². The van der Waals surface area contributed by atoms with Gasteiger partial charge in [0.05, 0.1) is 41.4 Å². The number of sulfonamides is 1. The third kappa shape index (κ3) is 4.97. The van der Waals surface area contributed by atoms with Crippen LogP contribution in [-0.2, 0) is 19.6 Å². The summed E-state index contributed by atoms with van der Waals surface area (Å²) < 4.78 is 31.7. The van der Waals surface area contributed by atoms with Crippen molar-refractivity contribution in [1.29, 1.82) is 0 Å². The molecule has 2 aliphatic heterocycles. The predicted octanol–water partition coefficient (Wildman–Crippen LogP) is 2.33. The Morgan fingerprint density at radius 1 is 1.21 bits per heavy atom. The molecular formula is C23H25N5O4S2. The van der Waals surface area contributed by atoms with Crippen molar-refractivity contribution in [1.82, 2.24) is 20.2 Å². The number of morpholine rings is 1. The van der Waals surface area contributed by atoms with Gasteiger partial charge in [-0.05, 0) is 30.2 Å². The van der Waals surface area contributed by atoms with Gasteiger partial charge in [0.15, 0.2) is 0 Å². The van der Waals surface area contributed by atoms with Crippen LogP contribution in [0.15, 0.2) is 42.7 Å². The van der Waals surface area contributed by atoms with Crippen molar-refractivity contribution in [2.45, 2.75) is 12.5 Å². The summed E-state index contributed by atoms with van der Waals surface area (Å²) in [5, 5.41) is 3.33. The molecule has 4 heterocycles. The molecule has 1 unspecified atom stereocenters. The van der Waals surface area contributed by atoms with Crippen molar-refractivity contribution < 1.29 is 17.9 Å². The molecule has 1 saturated heterocycles. The third-order valence-electron chi connectivity index (χ3n) is 5.85. The van der Waals surface area contributed by atoms with Crippen molar-refractivity contribution in [3.05, 3.63) is 47.6 Å². The number of ether oxygens (including phenoxy) is 1. The van der Waals surface area contributed by atoms with Crippen LogP contribution in [0.1, 0.15) is 11.3 Å². The Bertz CT molecular complexity index is 1350. The minimum Gasteiger partial charge on any atom is -0.378 e. The molecule has 2 N–H and O–H groups in total. The minimum atomic E-state index is -3.33. The van der Waals surface area contributed by atoms with Crippen LogP contribution in [0.5, 0.6) is 0 Å². The van der Waals surface area contributed by atoms with Gasteiger partial charge in [0, 0.05) is 35.8 Å². The molecule has 0 radical (unpaired) electrons. The number of hydrogen-bond acceptors (Lipinski definition) is 8. The molecule has 34 heavy (non-hydrogen) atoms. The lowest BCUT2D eigenvalue weighted by molar-refractivity contribution is -0.137. The quantitative estimate of drug-likeness (QED) is 0.554. The molecule has 2 aromatic heterocycles. The van der Waals surface area contributed by atoms with Crippen molar-refractivity contribution >= 4 is 48.7 Å². The fourth-order valence-corrected chi connectivity index (χ4v) is 5.94. The zero-order valence-electron chi connectivity index (χ0n) is 18.7. The van der Waals surface area contributed by atoms with Gasteiger partial charge in [0.25, 0.3) is 0 Å². The highest BCUT2D eigenvalue weighted by atomic mass is 32.2. The second-order valence-corrected chi connectivity index (χ2v) is 11.1. The van der Waals surface area contributed by atoms with E-state index in [1.165, 1.54) is 0 Å². The van der Waals surface area contributed by atoms with Gasteiger partial charge in [0.1, 0.15) is 6.33 Å². The van der Waals surface area contributed by atoms with E-state index in [9.17, 15) is 13.2 Å². The van der Waals surface area contributed by atoms with E-state index in [4.69, 9.17) is 4.74 Å². The average molecular weight is 500 g/mol. The van der Waals surface area contributed by atoms with E-state index in [2.05, 4.69) is 32.1 Å². The second-order valence-electron chi connectivity index (χ2n) is 8.33. The fraction of sp³-hybridized carbons (Fsp3) is 0.348. The summed E-state index contributed by atoms with van der Waals surface area (Å²) >= 11 is 1.61. The smallest absolute Gasteiger partial charge is 0.240 e. The number of benzene rings is 1. The van der Waals surface area contributed by atoms with Crippen molar-refractivity contribution in [3.63, 3.8) is 0 Å². The first-order valence-corrected chi connectivity index (χ1v) is 13.7. The van der Waals surface area contributed by atoms with Crippen LogP contribution in [0.4, 0.5) is 5.69 Å². The number of carbonyl (C=O) groups excluding carboxylic acids is 1. The molecule has 0 aliphatic carbocycles. The van der Waals surface area contributed by atoms with E-state index in [0.717, 1.165) is 38.2 Å².